The van der Waals surface area contributed by atoms with Crippen LogP contribution in [-0.4, -0.2) is 14.2 Å². The molecule has 0 atom stereocenters. The number of ether oxygens (including phenoxy) is 2. The van der Waals surface area contributed by atoms with Crippen molar-refractivity contribution in [2.45, 2.75) is 20.1 Å². The highest BCUT2D eigenvalue weighted by molar-refractivity contribution is 5.71. The summed E-state index contributed by atoms with van der Waals surface area (Å²) in [7, 11) is 3.45. The minimum atomic E-state index is 0.622. The van der Waals surface area contributed by atoms with Crippen molar-refractivity contribution in [3.05, 3.63) is 59.2 Å². The third-order valence-corrected chi connectivity index (χ3v) is 3.22. The fourth-order valence-electron chi connectivity index (χ4n) is 2.29. The molecule has 19 heavy (non-hydrogen) atoms. The van der Waals surface area contributed by atoms with Gasteiger partial charge in [0.1, 0.15) is 0 Å². The molecule has 2 aromatic carbocycles. The molecule has 0 N–H and O–H groups in total. The number of aryl methyl sites for hydroxylation is 1. The molecular formula is C17H20O2. The van der Waals surface area contributed by atoms with Gasteiger partial charge in [-0.05, 0) is 40.8 Å². The van der Waals surface area contributed by atoms with E-state index in [0.29, 0.717) is 13.2 Å². The topological polar surface area (TPSA) is 18.5 Å². The SMILES string of the molecule is COCc1ccc(COC)c(-c2ccccc2C)c1. The number of methoxy groups -OCH3 is 2. The predicted molar refractivity (Wildman–Crippen MR) is 78.0 cm³/mol. The lowest BCUT2D eigenvalue weighted by Gasteiger charge is -2.13. The van der Waals surface area contributed by atoms with E-state index in [1.165, 1.54) is 27.8 Å². The van der Waals surface area contributed by atoms with Crippen molar-refractivity contribution in [2.24, 2.45) is 0 Å². The maximum atomic E-state index is 5.30. The number of hydrogen-bond donors (Lipinski definition) is 0. The Morgan fingerprint density at radius 3 is 2.26 bits per heavy atom. The minimum Gasteiger partial charge on any atom is -0.380 e. The molecule has 0 bridgehead atoms. The van der Waals surface area contributed by atoms with Gasteiger partial charge in [-0.25, -0.2) is 0 Å². The summed E-state index contributed by atoms with van der Waals surface area (Å²) < 4.78 is 10.5. The Morgan fingerprint density at radius 2 is 1.58 bits per heavy atom. The van der Waals surface area contributed by atoms with Gasteiger partial charge in [0.25, 0.3) is 0 Å². The summed E-state index contributed by atoms with van der Waals surface area (Å²) in [6.45, 7) is 3.39. The highest BCUT2D eigenvalue weighted by Gasteiger charge is 2.08. The normalized spacial score (nSPS) is 10.7. The Balaban J connectivity index is 2.51. The summed E-state index contributed by atoms with van der Waals surface area (Å²) in [6, 6.07) is 14.8. The standard InChI is InChI=1S/C17H20O2/c1-13-6-4-5-7-16(13)17-10-14(11-18-2)8-9-15(17)12-19-3/h4-10H,11-12H2,1-3H3. The van der Waals surface area contributed by atoms with Crippen molar-refractivity contribution in [1.82, 2.24) is 0 Å². The van der Waals surface area contributed by atoms with Gasteiger partial charge in [0.2, 0.25) is 0 Å². The molecule has 0 amide bonds. The quantitative estimate of drug-likeness (QED) is 0.806. The van der Waals surface area contributed by atoms with Gasteiger partial charge in [-0.1, -0.05) is 36.4 Å². The predicted octanol–water partition coefficient (Wildman–Crippen LogP) is 3.95. The molecule has 0 saturated heterocycles. The van der Waals surface area contributed by atoms with Crippen molar-refractivity contribution < 1.29 is 9.47 Å². The van der Waals surface area contributed by atoms with Gasteiger partial charge < -0.3 is 9.47 Å². The van der Waals surface area contributed by atoms with Crippen LogP contribution >= 0.6 is 0 Å². The van der Waals surface area contributed by atoms with Crippen molar-refractivity contribution in [1.29, 1.82) is 0 Å². The molecule has 0 radical (unpaired) electrons. The molecule has 0 unspecified atom stereocenters. The third kappa shape index (κ3) is 3.22. The Hall–Kier alpha value is -1.64. The average molecular weight is 256 g/mol. The first kappa shape index (κ1) is 13.8. The van der Waals surface area contributed by atoms with Crippen molar-refractivity contribution in [3.63, 3.8) is 0 Å². The summed E-state index contributed by atoms with van der Waals surface area (Å²) in [4.78, 5) is 0. The molecule has 0 saturated carbocycles. The molecule has 0 aliphatic rings. The van der Waals surface area contributed by atoms with E-state index in [1.807, 2.05) is 0 Å². The van der Waals surface area contributed by atoms with Gasteiger partial charge >= 0.3 is 0 Å². The van der Waals surface area contributed by atoms with Gasteiger partial charge in [-0.15, -0.1) is 0 Å². The molecule has 100 valence electrons. The number of hydrogen-bond acceptors (Lipinski definition) is 2. The van der Waals surface area contributed by atoms with Gasteiger partial charge in [0.05, 0.1) is 13.2 Å². The van der Waals surface area contributed by atoms with Crippen LogP contribution in [0, 0.1) is 6.92 Å². The average Bonchev–Trinajstić information content (AvgIpc) is 2.42. The molecule has 2 rings (SSSR count). The second kappa shape index (κ2) is 6.50. The second-order valence-corrected chi connectivity index (χ2v) is 4.67. The number of benzene rings is 2. The molecule has 0 heterocycles. The van der Waals surface area contributed by atoms with Crippen LogP contribution in [0.5, 0.6) is 0 Å². The Morgan fingerprint density at radius 1 is 0.842 bits per heavy atom. The maximum Gasteiger partial charge on any atom is 0.0719 e. The zero-order valence-electron chi connectivity index (χ0n) is 11.8. The van der Waals surface area contributed by atoms with E-state index >= 15 is 0 Å². The molecular weight excluding hydrogens is 236 g/mol. The second-order valence-electron chi connectivity index (χ2n) is 4.67. The molecule has 0 fully saturated rings. The third-order valence-electron chi connectivity index (χ3n) is 3.22. The Bertz CT molecular complexity index is 547. The van der Waals surface area contributed by atoms with Crippen LogP contribution in [0.25, 0.3) is 11.1 Å². The zero-order valence-corrected chi connectivity index (χ0v) is 11.8. The lowest BCUT2D eigenvalue weighted by atomic mass is 9.94. The Kier molecular flexibility index (Phi) is 4.72. The highest BCUT2D eigenvalue weighted by Crippen LogP contribution is 2.28. The molecule has 2 heteroatoms. The summed E-state index contributed by atoms with van der Waals surface area (Å²) in [6.07, 6.45) is 0. The molecule has 0 spiro atoms. The van der Waals surface area contributed by atoms with E-state index in [4.69, 9.17) is 9.47 Å². The highest BCUT2D eigenvalue weighted by atomic mass is 16.5. The van der Waals surface area contributed by atoms with E-state index in [2.05, 4.69) is 49.4 Å². The van der Waals surface area contributed by atoms with Crippen LogP contribution in [0.15, 0.2) is 42.5 Å². The first-order chi connectivity index (χ1) is 9.26. The Labute approximate surface area is 115 Å². The summed E-state index contributed by atoms with van der Waals surface area (Å²) >= 11 is 0. The van der Waals surface area contributed by atoms with E-state index in [0.717, 1.165) is 0 Å². The van der Waals surface area contributed by atoms with Crippen LogP contribution < -0.4 is 0 Å². The molecule has 2 nitrogen and oxygen atoms in total. The van der Waals surface area contributed by atoms with Crippen LogP contribution in [0.4, 0.5) is 0 Å². The van der Waals surface area contributed by atoms with Crippen molar-refractivity contribution >= 4 is 0 Å². The molecule has 0 aliphatic heterocycles. The van der Waals surface area contributed by atoms with Crippen LogP contribution in [-0.2, 0) is 22.7 Å². The smallest absolute Gasteiger partial charge is 0.0719 e. The lowest BCUT2D eigenvalue weighted by Crippen LogP contribution is -1.96. The fraction of sp³-hybridized carbons (Fsp3) is 0.294. The minimum absolute atomic E-state index is 0.622. The lowest BCUT2D eigenvalue weighted by molar-refractivity contribution is 0.182. The maximum absolute atomic E-state index is 5.30. The van der Waals surface area contributed by atoms with E-state index < -0.39 is 0 Å². The first-order valence-electron chi connectivity index (χ1n) is 6.42. The first-order valence-corrected chi connectivity index (χ1v) is 6.42. The largest absolute Gasteiger partial charge is 0.380 e. The zero-order chi connectivity index (χ0) is 13.7. The van der Waals surface area contributed by atoms with E-state index in [9.17, 15) is 0 Å². The van der Waals surface area contributed by atoms with Crippen LogP contribution in [0.1, 0.15) is 16.7 Å². The van der Waals surface area contributed by atoms with Gasteiger partial charge in [0.15, 0.2) is 0 Å². The van der Waals surface area contributed by atoms with E-state index in [-0.39, 0.29) is 0 Å². The molecule has 0 aliphatic carbocycles. The van der Waals surface area contributed by atoms with Gasteiger partial charge in [0, 0.05) is 14.2 Å². The van der Waals surface area contributed by atoms with Crippen LogP contribution in [0.3, 0.4) is 0 Å². The van der Waals surface area contributed by atoms with Gasteiger partial charge in [-0.3, -0.25) is 0 Å². The van der Waals surface area contributed by atoms with Crippen molar-refractivity contribution in [3.8, 4) is 11.1 Å². The van der Waals surface area contributed by atoms with E-state index in [1.54, 1.807) is 14.2 Å². The molecule has 2 aromatic rings. The molecule has 0 aromatic heterocycles. The summed E-state index contributed by atoms with van der Waals surface area (Å²) in [5, 5.41) is 0. The monoisotopic (exact) mass is 256 g/mol. The number of rotatable bonds is 5. The van der Waals surface area contributed by atoms with Crippen LogP contribution in [0.2, 0.25) is 0 Å². The summed E-state index contributed by atoms with van der Waals surface area (Å²) in [5.41, 5.74) is 6.15. The van der Waals surface area contributed by atoms with Crippen molar-refractivity contribution in [2.75, 3.05) is 14.2 Å². The fourth-order valence-corrected chi connectivity index (χ4v) is 2.29. The van der Waals surface area contributed by atoms with Gasteiger partial charge in [-0.2, -0.15) is 0 Å². The summed E-state index contributed by atoms with van der Waals surface area (Å²) in [5.74, 6) is 0.